The number of aryl methyl sites for hydroxylation is 1. The molecule has 24 heavy (non-hydrogen) atoms. The summed E-state index contributed by atoms with van der Waals surface area (Å²) in [4.78, 5) is 15.8. The van der Waals surface area contributed by atoms with Gasteiger partial charge in [-0.3, -0.25) is 4.79 Å². The zero-order valence-electron chi connectivity index (χ0n) is 12.5. The quantitative estimate of drug-likeness (QED) is 0.681. The number of hydrogen-bond donors (Lipinski definition) is 0. The predicted octanol–water partition coefficient (Wildman–Crippen LogP) is 2.09. The number of fused-ring (bicyclic) bond motifs is 1. The summed E-state index contributed by atoms with van der Waals surface area (Å²) in [6, 6.07) is 6.22. The predicted molar refractivity (Wildman–Crippen MR) is 74.7 cm³/mol. The van der Waals surface area contributed by atoms with E-state index in [0.29, 0.717) is 11.3 Å². The molecule has 10 heteroatoms. The Labute approximate surface area is 133 Å². The van der Waals surface area contributed by atoms with Crippen molar-refractivity contribution in [2.24, 2.45) is 0 Å². The van der Waals surface area contributed by atoms with Crippen LogP contribution < -0.4 is 4.74 Å². The molecule has 0 saturated heterocycles. The van der Waals surface area contributed by atoms with Gasteiger partial charge in [-0.2, -0.15) is 22.7 Å². The number of alkyl halides is 3. The fraction of sp³-hybridized carbons (Fsp3) is 0.214. The normalized spacial score (nSPS) is 11.7. The van der Waals surface area contributed by atoms with E-state index in [0.717, 1.165) is 4.52 Å². The van der Waals surface area contributed by atoms with E-state index >= 15 is 0 Å². The summed E-state index contributed by atoms with van der Waals surface area (Å²) in [6.45, 7) is 1.42. The molecule has 0 amide bonds. The van der Waals surface area contributed by atoms with E-state index in [1.54, 1.807) is 12.1 Å². The summed E-state index contributed by atoms with van der Waals surface area (Å²) < 4.78 is 43.9. The number of carbonyl (C=O) groups excluding carboxylic acids is 1. The van der Waals surface area contributed by atoms with Crippen LogP contribution in [0.15, 0.2) is 24.3 Å². The molecule has 0 saturated carbocycles. The van der Waals surface area contributed by atoms with Crippen molar-refractivity contribution in [3.8, 4) is 5.75 Å². The molecule has 0 aliphatic rings. The van der Waals surface area contributed by atoms with Crippen LogP contribution in [0.1, 0.15) is 27.6 Å². The standard InChI is InChI=1S/C14H10F3N5O2/c1-7-10(11(23)8-3-5-9(24-2)6-4-8)19-20-13-18-12(14(15,16)17)21-22(7)13/h3-6H,1-2H3. The van der Waals surface area contributed by atoms with Gasteiger partial charge >= 0.3 is 6.18 Å². The number of hydrogen-bond acceptors (Lipinski definition) is 6. The Morgan fingerprint density at radius 2 is 1.83 bits per heavy atom. The summed E-state index contributed by atoms with van der Waals surface area (Å²) in [5.74, 6) is -1.59. The van der Waals surface area contributed by atoms with Crippen LogP contribution in [0, 0.1) is 6.92 Å². The second-order valence-electron chi connectivity index (χ2n) is 4.84. The Balaban J connectivity index is 2.05. The van der Waals surface area contributed by atoms with Crippen LogP contribution in [-0.2, 0) is 6.18 Å². The van der Waals surface area contributed by atoms with E-state index in [-0.39, 0.29) is 17.2 Å². The molecule has 0 bridgehead atoms. The number of rotatable bonds is 3. The second-order valence-corrected chi connectivity index (χ2v) is 4.84. The third-order valence-corrected chi connectivity index (χ3v) is 3.31. The average Bonchev–Trinajstić information content (AvgIpc) is 3.00. The first-order chi connectivity index (χ1) is 11.3. The van der Waals surface area contributed by atoms with Gasteiger partial charge in [0.05, 0.1) is 12.8 Å². The molecular weight excluding hydrogens is 327 g/mol. The monoisotopic (exact) mass is 337 g/mol. The van der Waals surface area contributed by atoms with Gasteiger partial charge in [0.25, 0.3) is 11.6 Å². The smallest absolute Gasteiger partial charge is 0.453 e. The summed E-state index contributed by atoms with van der Waals surface area (Å²) >= 11 is 0. The highest BCUT2D eigenvalue weighted by Gasteiger charge is 2.37. The van der Waals surface area contributed by atoms with Crippen molar-refractivity contribution in [3.05, 3.63) is 47.0 Å². The van der Waals surface area contributed by atoms with Crippen LogP contribution in [0.5, 0.6) is 5.75 Å². The van der Waals surface area contributed by atoms with Crippen LogP contribution >= 0.6 is 0 Å². The largest absolute Gasteiger partial charge is 0.497 e. The van der Waals surface area contributed by atoms with Crippen molar-refractivity contribution in [1.29, 1.82) is 0 Å². The topological polar surface area (TPSA) is 82.3 Å². The van der Waals surface area contributed by atoms with E-state index in [9.17, 15) is 18.0 Å². The van der Waals surface area contributed by atoms with Gasteiger partial charge in [0.2, 0.25) is 5.78 Å². The maximum Gasteiger partial charge on any atom is 0.453 e. The van der Waals surface area contributed by atoms with E-state index in [1.807, 2.05) is 0 Å². The number of aromatic nitrogens is 5. The minimum absolute atomic E-state index is 0.105. The minimum Gasteiger partial charge on any atom is -0.497 e. The third-order valence-electron chi connectivity index (χ3n) is 3.31. The highest BCUT2D eigenvalue weighted by Crippen LogP contribution is 2.26. The maximum atomic E-state index is 12.7. The van der Waals surface area contributed by atoms with Crippen molar-refractivity contribution in [3.63, 3.8) is 0 Å². The van der Waals surface area contributed by atoms with Crippen molar-refractivity contribution in [2.75, 3.05) is 7.11 Å². The molecule has 124 valence electrons. The fourth-order valence-electron chi connectivity index (χ4n) is 2.07. The van der Waals surface area contributed by atoms with Crippen molar-refractivity contribution in [1.82, 2.24) is 24.8 Å². The van der Waals surface area contributed by atoms with E-state index in [4.69, 9.17) is 4.74 Å². The number of halogens is 3. The number of ketones is 1. The van der Waals surface area contributed by atoms with Gasteiger partial charge in [-0.1, -0.05) is 0 Å². The van der Waals surface area contributed by atoms with E-state index in [1.165, 1.54) is 26.2 Å². The Morgan fingerprint density at radius 1 is 1.17 bits per heavy atom. The maximum absolute atomic E-state index is 12.7. The number of nitrogens with zero attached hydrogens (tertiary/aromatic N) is 5. The number of methoxy groups -OCH3 is 1. The third kappa shape index (κ3) is 2.66. The van der Waals surface area contributed by atoms with Gasteiger partial charge in [0.15, 0.2) is 5.69 Å². The molecule has 3 rings (SSSR count). The van der Waals surface area contributed by atoms with Gasteiger partial charge in [-0.15, -0.1) is 15.3 Å². The first-order valence-corrected chi connectivity index (χ1v) is 6.67. The van der Waals surface area contributed by atoms with Crippen LogP contribution in [0.2, 0.25) is 0 Å². The molecule has 3 aromatic rings. The van der Waals surface area contributed by atoms with Gasteiger partial charge < -0.3 is 4.74 Å². The number of ether oxygens (including phenoxy) is 1. The summed E-state index contributed by atoms with van der Waals surface area (Å²) in [7, 11) is 1.49. The lowest BCUT2D eigenvalue weighted by atomic mass is 10.1. The van der Waals surface area contributed by atoms with E-state index in [2.05, 4.69) is 20.3 Å². The zero-order valence-corrected chi connectivity index (χ0v) is 12.5. The zero-order chi connectivity index (χ0) is 17.5. The Kier molecular flexibility index (Phi) is 3.66. The molecule has 0 radical (unpaired) electrons. The Bertz CT molecular complexity index is 919. The van der Waals surface area contributed by atoms with Gasteiger partial charge in [0, 0.05) is 5.56 Å². The number of carbonyl (C=O) groups is 1. The summed E-state index contributed by atoms with van der Waals surface area (Å²) in [5.41, 5.74) is 0.304. The molecular formula is C14H10F3N5O2. The molecule has 0 spiro atoms. The first-order valence-electron chi connectivity index (χ1n) is 6.67. The van der Waals surface area contributed by atoms with Crippen molar-refractivity contribution >= 4 is 11.6 Å². The molecule has 2 aromatic heterocycles. The lowest BCUT2D eigenvalue weighted by molar-refractivity contribution is -0.144. The molecule has 0 fully saturated rings. The molecule has 0 aliphatic heterocycles. The molecule has 7 nitrogen and oxygen atoms in total. The lowest BCUT2D eigenvalue weighted by Crippen LogP contribution is -2.13. The van der Waals surface area contributed by atoms with Crippen LogP contribution in [0.3, 0.4) is 0 Å². The fourth-order valence-corrected chi connectivity index (χ4v) is 2.07. The van der Waals surface area contributed by atoms with Crippen molar-refractivity contribution in [2.45, 2.75) is 13.1 Å². The van der Waals surface area contributed by atoms with Crippen LogP contribution in [-0.4, -0.2) is 37.7 Å². The molecule has 0 aliphatic carbocycles. The molecule has 0 N–H and O–H groups in total. The molecule has 2 heterocycles. The van der Waals surface area contributed by atoms with Gasteiger partial charge in [-0.25, -0.2) is 0 Å². The minimum atomic E-state index is -4.71. The number of benzene rings is 1. The highest BCUT2D eigenvalue weighted by molar-refractivity contribution is 6.08. The average molecular weight is 337 g/mol. The van der Waals surface area contributed by atoms with Crippen LogP contribution in [0.25, 0.3) is 5.78 Å². The second kappa shape index (κ2) is 5.55. The summed E-state index contributed by atoms with van der Waals surface area (Å²) in [6.07, 6.45) is -4.71. The first kappa shape index (κ1) is 15.8. The summed E-state index contributed by atoms with van der Waals surface area (Å²) in [5, 5.41) is 10.6. The van der Waals surface area contributed by atoms with E-state index < -0.39 is 17.8 Å². The van der Waals surface area contributed by atoms with Crippen molar-refractivity contribution < 1.29 is 22.7 Å². The van der Waals surface area contributed by atoms with Gasteiger partial charge in [-0.05, 0) is 31.2 Å². The van der Waals surface area contributed by atoms with Crippen LogP contribution in [0.4, 0.5) is 13.2 Å². The SMILES string of the molecule is COc1ccc(C(=O)c2nnc3nc(C(F)(F)F)nn3c2C)cc1. The molecule has 1 aromatic carbocycles. The van der Waals surface area contributed by atoms with Gasteiger partial charge in [0.1, 0.15) is 5.75 Å². The molecule has 0 atom stereocenters. The lowest BCUT2D eigenvalue weighted by Gasteiger charge is -2.05. The highest BCUT2D eigenvalue weighted by atomic mass is 19.4. The Morgan fingerprint density at radius 3 is 2.42 bits per heavy atom. The Hall–Kier alpha value is -3.04. The molecule has 0 unspecified atom stereocenters.